The SMILES string of the molecule is CCOc1cccc(C(N)CSC(C)(C)C)c1. The summed E-state index contributed by atoms with van der Waals surface area (Å²) in [7, 11) is 0. The first-order valence-corrected chi connectivity index (χ1v) is 7.03. The van der Waals surface area contributed by atoms with Crippen LogP contribution in [-0.2, 0) is 0 Å². The number of benzene rings is 1. The van der Waals surface area contributed by atoms with Crippen LogP contribution in [0.2, 0.25) is 0 Å². The van der Waals surface area contributed by atoms with Crippen LogP contribution in [0.4, 0.5) is 0 Å². The van der Waals surface area contributed by atoms with Gasteiger partial charge in [0.15, 0.2) is 0 Å². The number of hydrogen-bond acceptors (Lipinski definition) is 3. The third-order valence-electron chi connectivity index (χ3n) is 2.29. The van der Waals surface area contributed by atoms with Crippen LogP contribution in [0.15, 0.2) is 24.3 Å². The first kappa shape index (κ1) is 14.4. The van der Waals surface area contributed by atoms with E-state index in [0.29, 0.717) is 6.61 Å². The molecule has 0 aliphatic carbocycles. The lowest BCUT2D eigenvalue weighted by Crippen LogP contribution is -2.18. The zero-order valence-corrected chi connectivity index (χ0v) is 12.0. The molecule has 2 N–H and O–H groups in total. The van der Waals surface area contributed by atoms with Crippen molar-refractivity contribution < 1.29 is 4.74 Å². The standard InChI is InChI=1S/C14H23NOS/c1-5-16-12-8-6-7-11(9-12)13(15)10-17-14(2,3)4/h6-9,13H,5,10,15H2,1-4H3. The molecule has 2 nitrogen and oxygen atoms in total. The maximum atomic E-state index is 6.19. The minimum atomic E-state index is 0.0691. The fourth-order valence-electron chi connectivity index (χ4n) is 1.44. The van der Waals surface area contributed by atoms with Crippen molar-refractivity contribution in [3.05, 3.63) is 29.8 Å². The first-order chi connectivity index (χ1) is 7.92. The van der Waals surface area contributed by atoms with E-state index < -0.39 is 0 Å². The molecular weight excluding hydrogens is 230 g/mol. The average Bonchev–Trinajstić information content (AvgIpc) is 2.26. The highest BCUT2D eigenvalue weighted by atomic mass is 32.2. The number of thioether (sulfide) groups is 1. The Morgan fingerprint density at radius 2 is 2.06 bits per heavy atom. The number of ether oxygens (including phenoxy) is 1. The molecule has 0 radical (unpaired) electrons. The zero-order chi connectivity index (χ0) is 12.9. The summed E-state index contributed by atoms with van der Waals surface area (Å²) < 4.78 is 5.74. The normalized spacial score (nSPS) is 13.5. The lowest BCUT2D eigenvalue weighted by Gasteiger charge is -2.21. The van der Waals surface area contributed by atoms with Crippen molar-refractivity contribution in [2.24, 2.45) is 5.73 Å². The highest BCUT2D eigenvalue weighted by Crippen LogP contribution is 2.28. The predicted octanol–water partition coefficient (Wildman–Crippen LogP) is 3.62. The summed E-state index contributed by atoms with van der Waals surface area (Å²) in [5, 5.41) is 0. The molecule has 0 bridgehead atoms. The molecule has 96 valence electrons. The molecule has 1 rings (SSSR count). The molecule has 0 fully saturated rings. The molecule has 0 amide bonds. The Labute approximate surface area is 109 Å². The van der Waals surface area contributed by atoms with Gasteiger partial charge in [0.2, 0.25) is 0 Å². The Morgan fingerprint density at radius 3 is 2.65 bits per heavy atom. The summed E-state index contributed by atoms with van der Waals surface area (Å²) in [6.07, 6.45) is 0. The van der Waals surface area contributed by atoms with Gasteiger partial charge in [0.25, 0.3) is 0 Å². The lowest BCUT2D eigenvalue weighted by atomic mass is 10.1. The number of nitrogens with two attached hydrogens (primary N) is 1. The Balaban J connectivity index is 2.62. The highest BCUT2D eigenvalue weighted by molar-refractivity contribution is 8.00. The van der Waals surface area contributed by atoms with Gasteiger partial charge in [0, 0.05) is 16.5 Å². The van der Waals surface area contributed by atoms with Crippen LogP contribution in [0.25, 0.3) is 0 Å². The van der Waals surface area contributed by atoms with E-state index in [2.05, 4.69) is 26.8 Å². The summed E-state index contributed by atoms with van der Waals surface area (Å²) in [4.78, 5) is 0. The second-order valence-corrected chi connectivity index (χ2v) is 6.88. The molecule has 0 saturated heterocycles. The van der Waals surface area contributed by atoms with E-state index >= 15 is 0 Å². The minimum absolute atomic E-state index is 0.0691. The predicted molar refractivity (Wildman–Crippen MR) is 76.8 cm³/mol. The van der Waals surface area contributed by atoms with Crippen LogP contribution in [0.5, 0.6) is 5.75 Å². The number of hydrogen-bond donors (Lipinski definition) is 1. The van der Waals surface area contributed by atoms with Gasteiger partial charge in [-0.15, -0.1) is 0 Å². The highest BCUT2D eigenvalue weighted by Gasteiger charge is 2.14. The fraction of sp³-hybridized carbons (Fsp3) is 0.571. The van der Waals surface area contributed by atoms with Crippen molar-refractivity contribution >= 4 is 11.8 Å². The average molecular weight is 253 g/mol. The molecule has 0 heterocycles. The minimum Gasteiger partial charge on any atom is -0.494 e. The van der Waals surface area contributed by atoms with Gasteiger partial charge in [-0.25, -0.2) is 0 Å². The number of rotatable bonds is 5. The zero-order valence-electron chi connectivity index (χ0n) is 11.2. The Bertz CT molecular complexity index is 346. The summed E-state index contributed by atoms with van der Waals surface area (Å²) in [5.41, 5.74) is 7.34. The maximum absolute atomic E-state index is 6.19. The van der Waals surface area contributed by atoms with Crippen molar-refractivity contribution in [2.75, 3.05) is 12.4 Å². The summed E-state index contributed by atoms with van der Waals surface area (Å²) in [5.74, 6) is 1.83. The van der Waals surface area contributed by atoms with Gasteiger partial charge < -0.3 is 10.5 Å². The summed E-state index contributed by atoms with van der Waals surface area (Å²) in [6, 6.07) is 8.14. The first-order valence-electron chi connectivity index (χ1n) is 6.04. The second kappa shape index (κ2) is 6.31. The maximum Gasteiger partial charge on any atom is 0.119 e. The van der Waals surface area contributed by atoms with Gasteiger partial charge in [-0.05, 0) is 24.6 Å². The Morgan fingerprint density at radius 1 is 1.35 bits per heavy atom. The molecule has 0 spiro atoms. The molecule has 1 aromatic rings. The largest absolute Gasteiger partial charge is 0.494 e. The molecular formula is C14H23NOS. The van der Waals surface area contributed by atoms with E-state index in [1.165, 1.54) is 0 Å². The van der Waals surface area contributed by atoms with Crippen molar-refractivity contribution in [3.63, 3.8) is 0 Å². The molecule has 17 heavy (non-hydrogen) atoms. The Hall–Kier alpha value is -0.670. The van der Waals surface area contributed by atoms with Crippen LogP contribution in [-0.4, -0.2) is 17.1 Å². The Kier molecular flexibility index (Phi) is 5.34. The van der Waals surface area contributed by atoms with Gasteiger partial charge in [-0.2, -0.15) is 11.8 Å². The molecule has 1 unspecified atom stereocenters. The topological polar surface area (TPSA) is 35.2 Å². The molecule has 1 aromatic carbocycles. The van der Waals surface area contributed by atoms with Gasteiger partial charge in [0.1, 0.15) is 5.75 Å². The summed E-state index contributed by atoms with van der Waals surface area (Å²) in [6.45, 7) is 9.31. The molecule has 1 atom stereocenters. The van der Waals surface area contributed by atoms with E-state index in [9.17, 15) is 0 Å². The van der Waals surface area contributed by atoms with Crippen LogP contribution in [0, 0.1) is 0 Å². The van der Waals surface area contributed by atoms with Gasteiger partial charge in [-0.3, -0.25) is 0 Å². The third kappa shape index (κ3) is 5.46. The second-order valence-electron chi connectivity index (χ2n) is 5.04. The third-order valence-corrected chi connectivity index (χ3v) is 3.68. The van der Waals surface area contributed by atoms with Gasteiger partial charge in [0.05, 0.1) is 6.61 Å². The lowest BCUT2D eigenvalue weighted by molar-refractivity contribution is 0.339. The van der Waals surface area contributed by atoms with Crippen LogP contribution < -0.4 is 10.5 Å². The molecule has 0 saturated carbocycles. The van der Waals surface area contributed by atoms with Gasteiger partial charge in [-0.1, -0.05) is 32.9 Å². The van der Waals surface area contributed by atoms with E-state index in [4.69, 9.17) is 10.5 Å². The van der Waals surface area contributed by atoms with Crippen LogP contribution in [0.3, 0.4) is 0 Å². The monoisotopic (exact) mass is 253 g/mol. The molecule has 0 aliphatic heterocycles. The van der Waals surface area contributed by atoms with Crippen molar-refractivity contribution in [1.82, 2.24) is 0 Å². The van der Waals surface area contributed by atoms with E-state index in [1.807, 2.05) is 36.9 Å². The molecule has 0 aromatic heterocycles. The van der Waals surface area contributed by atoms with Gasteiger partial charge >= 0.3 is 0 Å². The van der Waals surface area contributed by atoms with Crippen molar-refractivity contribution in [1.29, 1.82) is 0 Å². The van der Waals surface area contributed by atoms with Crippen LogP contribution >= 0.6 is 11.8 Å². The fourth-order valence-corrected chi connectivity index (χ4v) is 2.31. The van der Waals surface area contributed by atoms with Crippen LogP contribution in [0.1, 0.15) is 39.3 Å². The molecule has 3 heteroatoms. The smallest absolute Gasteiger partial charge is 0.119 e. The quantitative estimate of drug-likeness (QED) is 0.870. The van der Waals surface area contributed by atoms with Crippen molar-refractivity contribution in [3.8, 4) is 5.75 Å². The molecule has 0 aliphatic rings. The van der Waals surface area contributed by atoms with Crippen molar-refractivity contribution in [2.45, 2.75) is 38.5 Å². The summed E-state index contributed by atoms with van der Waals surface area (Å²) >= 11 is 1.89. The van der Waals surface area contributed by atoms with E-state index in [1.54, 1.807) is 0 Å². The van der Waals surface area contributed by atoms with E-state index in [0.717, 1.165) is 17.1 Å². The van der Waals surface area contributed by atoms with E-state index in [-0.39, 0.29) is 10.8 Å².